The van der Waals surface area contributed by atoms with Crippen molar-refractivity contribution in [2.45, 2.75) is 103 Å². The fraction of sp³-hybridized carbons (Fsp3) is 1.00. The minimum atomic E-state index is 0.721. The third kappa shape index (κ3) is 12.0. The molecule has 0 aromatic rings. The second-order valence-electron chi connectivity index (χ2n) is 6.70. The summed E-state index contributed by atoms with van der Waals surface area (Å²) in [5, 5.41) is 9.72. The Morgan fingerprint density at radius 2 is 1.14 bits per heavy atom. The first-order valence-corrected chi connectivity index (χ1v) is 9.80. The van der Waals surface area contributed by atoms with Gasteiger partial charge >= 0.3 is 0 Å². The molecule has 1 aliphatic rings. The van der Waals surface area contributed by atoms with E-state index in [2.05, 4.69) is 27.8 Å². The molecule has 130 valence electrons. The SMILES string of the molecule is CCCCCCCCCCCCCCCCCN1CN=NN1. The van der Waals surface area contributed by atoms with Crippen LogP contribution in [-0.2, 0) is 0 Å². The molecule has 1 N–H and O–H groups in total. The summed E-state index contributed by atoms with van der Waals surface area (Å²) >= 11 is 0. The number of unbranched alkanes of at least 4 members (excludes halogenated alkanes) is 14. The number of nitrogens with one attached hydrogen (secondary N) is 1. The van der Waals surface area contributed by atoms with Gasteiger partial charge in [-0.1, -0.05) is 102 Å². The van der Waals surface area contributed by atoms with E-state index in [9.17, 15) is 0 Å². The van der Waals surface area contributed by atoms with Crippen LogP contribution in [0, 0.1) is 0 Å². The van der Waals surface area contributed by atoms with E-state index in [1.165, 1.54) is 96.3 Å². The minimum absolute atomic E-state index is 0.721. The van der Waals surface area contributed by atoms with Gasteiger partial charge in [0.1, 0.15) is 6.67 Å². The third-order valence-electron chi connectivity index (χ3n) is 4.52. The highest BCUT2D eigenvalue weighted by atomic mass is 15.8. The number of hydrogen-bond acceptors (Lipinski definition) is 4. The van der Waals surface area contributed by atoms with Crippen LogP contribution in [0.5, 0.6) is 0 Å². The Balaban J connectivity index is 1.64. The maximum atomic E-state index is 3.89. The zero-order valence-corrected chi connectivity index (χ0v) is 14.9. The van der Waals surface area contributed by atoms with Crippen molar-refractivity contribution in [1.82, 2.24) is 10.5 Å². The van der Waals surface area contributed by atoms with Crippen LogP contribution >= 0.6 is 0 Å². The third-order valence-corrected chi connectivity index (χ3v) is 4.52. The lowest BCUT2D eigenvalue weighted by Crippen LogP contribution is -2.30. The average molecular weight is 311 g/mol. The molecule has 1 rings (SSSR count). The van der Waals surface area contributed by atoms with E-state index in [-0.39, 0.29) is 0 Å². The second-order valence-corrected chi connectivity index (χ2v) is 6.70. The van der Waals surface area contributed by atoms with Crippen LogP contribution in [0.25, 0.3) is 0 Å². The summed E-state index contributed by atoms with van der Waals surface area (Å²) in [6.07, 6.45) is 21.3. The van der Waals surface area contributed by atoms with E-state index < -0.39 is 0 Å². The van der Waals surface area contributed by atoms with Crippen LogP contribution in [0.3, 0.4) is 0 Å². The van der Waals surface area contributed by atoms with Gasteiger partial charge in [-0.15, -0.1) is 0 Å². The van der Waals surface area contributed by atoms with Crippen LogP contribution in [0.15, 0.2) is 10.3 Å². The monoisotopic (exact) mass is 310 g/mol. The molecular weight excluding hydrogens is 272 g/mol. The zero-order chi connectivity index (χ0) is 15.7. The predicted molar refractivity (Wildman–Crippen MR) is 94.5 cm³/mol. The molecule has 0 saturated carbocycles. The van der Waals surface area contributed by atoms with Gasteiger partial charge in [-0.2, -0.15) is 10.1 Å². The van der Waals surface area contributed by atoms with Gasteiger partial charge in [0.2, 0.25) is 0 Å². The smallest absolute Gasteiger partial charge is 0.133 e. The maximum Gasteiger partial charge on any atom is 0.133 e. The average Bonchev–Trinajstić information content (AvgIpc) is 3.04. The summed E-state index contributed by atoms with van der Waals surface area (Å²) in [6, 6.07) is 0. The highest BCUT2D eigenvalue weighted by Crippen LogP contribution is 2.13. The first kappa shape index (κ1) is 19.4. The summed E-state index contributed by atoms with van der Waals surface area (Å²) in [5.41, 5.74) is 2.90. The molecule has 0 saturated heterocycles. The Morgan fingerprint density at radius 3 is 1.55 bits per heavy atom. The molecule has 0 amide bonds. The lowest BCUT2D eigenvalue weighted by molar-refractivity contribution is 0.231. The summed E-state index contributed by atoms with van der Waals surface area (Å²) in [6.45, 7) is 4.08. The van der Waals surface area contributed by atoms with Gasteiger partial charge in [0.15, 0.2) is 0 Å². The molecular formula is C18H38N4. The number of nitrogens with zero attached hydrogens (tertiary/aromatic N) is 3. The lowest BCUT2D eigenvalue weighted by Gasteiger charge is -2.11. The molecule has 4 heteroatoms. The molecule has 1 heterocycles. The number of hydrogen-bond donors (Lipinski definition) is 1. The van der Waals surface area contributed by atoms with Crippen molar-refractivity contribution in [3.05, 3.63) is 0 Å². The van der Waals surface area contributed by atoms with Gasteiger partial charge in [0, 0.05) is 6.54 Å². The van der Waals surface area contributed by atoms with Crippen LogP contribution in [-0.4, -0.2) is 18.2 Å². The van der Waals surface area contributed by atoms with Crippen molar-refractivity contribution in [3.8, 4) is 0 Å². The van der Waals surface area contributed by atoms with Crippen molar-refractivity contribution in [2.24, 2.45) is 10.3 Å². The Labute approximate surface area is 138 Å². The van der Waals surface area contributed by atoms with E-state index in [4.69, 9.17) is 0 Å². The van der Waals surface area contributed by atoms with Crippen molar-refractivity contribution in [3.63, 3.8) is 0 Å². The fourth-order valence-corrected chi connectivity index (χ4v) is 3.03. The highest BCUT2D eigenvalue weighted by Gasteiger charge is 2.05. The number of hydrazine groups is 1. The maximum absolute atomic E-state index is 3.89. The van der Waals surface area contributed by atoms with Gasteiger partial charge in [-0.3, -0.25) is 0 Å². The largest absolute Gasteiger partial charge is 0.220 e. The van der Waals surface area contributed by atoms with E-state index in [1.54, 1.807) is 0 Å². The molecule has 0 aromatic heterocycles. The molecule has 4 nitrogen and oxygen atoms in total. The van der Waals surface area contributed by atoms with Crippen molar-refractivity contribution in [2.75, 3.05) is 13.2 Å². The summed E-state index contributed by atoms with van der Waals surface area (Å²) in [5.74, 6) is 0. The molecule has 0 fully saturated rings. The van der Waals surface area contributed by atoms with Crippen molar-refractivity contribution in [1.29, 1.82) is 0 Å². The highest BCUT2D eigenvalue weighted by molar-refractivity contribution is 4.53. The minimum Gasteiger partial charge on any atom is -0.220 e. The number of rotatable bonds is 16. The van der Waals surface area contributed by atoms with Gasteiger partial charge < -0.3 is 0 Å². The summed E-state index contributed by atoms with van der Waals surface area (Å²) in [4.78, 5) is 0. The summed E-state index contributed by atoms with van der Waals surface area (Å²) < 4.78 is 0. The van der Waals surface area contributed by atoms with Crippen molar-refractivity contribution < 1.29 is 0 Å². The molecule has 0 atom stereocenters. The molecule has 0 radical (unpaired) electrons. The van der Waals surface area contributed by atoms with Gasteiger partial charge in [-0.25, -0.2) is 5.53 Å². The zero-order valence-electron chi connectivity index (χ0n) is 14.9. The van der Waals surface area contributed by atoms with Crippen molar-refractivity contribution >= 4 is 0 Å². The van der Waals surface area contributed by atoms with Crippen LogP contribution in [0.1, 0.15) is 103 Å². The normalized spacial score (nSPS) is 14.6. The second kappa shape index (κ2) is 15.3. The molecule has 0 bridgehead atoms. The molecule has 0 aliphatic carbocycles. The summed E-state index contributed by atoms with van der Waals surface area (Å²) in [7, 11) is 0. The topological polar surface area (TPSA) is 40.0 Å². The van der Waals surface area contributed by atoms with E-state index in [1.807, 2.05) is 0 Å². The van der Waals surface area contributed by atoms with E-state index in [0.717, 1.165) is 13.2 Å². The first-order chi connectivity index (χ1) is 10.9. The standard InChI is InChI=1S/C18H38N4/c1-2-3-4-5-6-7-8-9-10-11-12-13-14-15-16-17-22-18-19-20-21-22/h2-18H2,1H3,(H,19,21). The van der Waals surface area contributed by atoms with Gasteiger partial charge in [0.05, 0.1) is 0 Å². The Morgan fingerprint density at radius 1 is 0.682 bits per heavy atom. The Hall–Kier alpha value is -0.640. The van der Waals surface area contributed by atoms with E-state index in [0.29, 0.717) is 0 Å². The van der Waals surface area contributed by atoms with Gasteiger partial charge in [0.25, 0.3) is 0 Å². The molecule has 1 aliphatic heterocycles. The Bertz CT molecular complexity index is 247. The molecule has 0 spiro atoms. The first-order valence-electron chi connectivity index (χ1n) is 9.80. The lowest BCUT2D eigenvalue weighted by atomic mass is 10.0. The van der Waals surface area contributed by atoms with E-state index >= 15 is 0 Å². The molecule has 0 unspecified atom stereocenters. The fourth-order valence-electron chi connectivity index (χ4n) is 3.03. The predicted octanol–water partition coefficient (Wildman–Crippen LogP) is 6.00. The Kier molecular flexibility index (Phi) is 13.5. The quantitative estimate of drug-likeness (QED) is 0.355. The van der Waals surface area contributed by atoms with Gasteiger partial charge in [-0.05, 0) is 6.42 Å². The van der Waals surface area contributed by atoms with Crippen LogP contribution < -0.4 is 5.53 Å². The molecule has 22 heavy (non-hydrogen) atoms. The van der Waals surface area contributed by atoms with Crippen LogP contribution in [0.4, 0.5) is 0 Å². The van der Waals surface area contributed by atoms with Crippen LogP contribution in [0.2, 0.25) is 0 Å². The molecule has 0 aromatic carbocycles.